The van der Waals surface area contributed by atoms with E-state index in [9.17, 15) is 0 Å². The molecule has 0 spiro atoms. The number of nitrogens with zero attached hydrogens (tertiary/aromatic N) is 2. The first-order valence-electron chi connectivity index (χ1n) is 23.6. The summed E-state index contributed by atoms with van der Waals surface area (Å²) >= 11 is 0. The van der Waals surface area contributed by atoms with Gasteiger partial charge in [-0.2, -0.15) is 0 Å². The van der Waals surface area contributed by atoms with Crippen molar-refractivity contribution in [3.63, 3.8) is 0 Å². The minimum absolute atomic E-state index is 1.10. The third kappa shape index (κ3) is 11.1. The lowest BCUT2D eigenvalue weighted by Gasteiger charge is -2.26. The number of hydrogen-bond acceptors (Lipinski definition) is 1. The van der Waals surface area contributed by atoms with Gasteiger partial charge in [-0.15, -0.1) is 6.58 Å². The average molecular weight is 891 g/mol. The third-order valence-electron chi connectivity index (χ3n) is 11.9. The highest BCUT2D eigenvalue weighted by atomic mass is 15.1. The molecule has 0 aliphatic carbocycles. The number of hydrogen-bond donors (Lipinski definition) is 0. The van der Waals surface area contributed by atoms with Crippen molar-refractivity contribution in [1.82, 2.24) is 4.57 Å². The molecular weight excluding hydrogens is 833 g/mol. The second kappa shape index (κ2) is 23.1. The van der Waals surface area contributed by atoms with Gasteiger partial charge in [0.1, 0.15) is 0 Å². The molecule has 0 fully saturated rings. The van der Waals surface area contributed by atoms with Gasteiger partial charge in [0.2, 0.25) is 0 Å². The maximum atomic E-state index is 3.46. The molecule has 2 heteroatoms. The monoisotopic (exact) mass is 890 g/mol. The first kappa shape index (κ1) is 46.8. The fourth-order valence-electron chi connectivity index (χ4n) is 8.72. The smallest absolute Gasteiger partial charge is 0.0530 e. The van der Waals surface area contributed by atoms with Crippen LogP contribution in [-0.4, -0.2) is 4.57 Å². The van der Waals surface area contributed by atoms with Gasteiger partial charge in [0.05, 0.1) is 5.52 Å². The molecule has 336 valence electrons. The largest absolute Gasteiger partial charge is 0.314 e. The van der Waals surface area contributed by atoms with E-state index >= 15 is 0 Å². The summed E-state index contributed by atoms with van der Waals surface area (Å²) in [6, 6.07) is 89.6. The molecular formula is C67H58N2. The average Bonchev–Trinajstić information content (AvgIpc) is 3.48. The molecule has 0 bridgehead atoms. The van der Waals surface area contributed by atoms with E-state index in [0.29, 0.717) is 0 Å². The molecule has 0 atom stereocenters. The van der Waals surface area contributed by atoms with Crippen molar-refractivity contribution in [2.45, 2.75) is 20.8 Å². The van der Waals surface area contributed by atoms with E-state index < -0.39 is 0 Å². The molecule has 1 heterocycles. The van der Waals surface area contributed by atoms with Crippen LogP contribution < -0.4 is 4.90 Å². The number of benzene rings is 9. The Morgan fingerprint density at radius 1 is 0.391 bits per heavy atom. The maximum absolute atomic E-state index is 3.46. The molecule has 0 unspecified atom stereocenters. The predicted octanol–water partition coefficient (Wildman–Crippen LogP) is 19.3. The summed E-state index contributed by atoms with van der Waals surface area (Å²) in [6.07, 6.45) is 7.33. The van der Waals surface area contributed by atoms with Crippen LogP contribution in [0.1, 0.15) is 19.5 Å². The lowest BCUT2D eigenvalue weighted by molar-refractivity contribution is 1.04. The zero-order valence-electron chi connectivity index (χ0n) is 39.8. The third-order valence-corrected chi connectivity index (χ3v) is 11.9. The van der Waals surface area contributed by atoms with Crippen LogP contribution in [0.4, 0.5) is 17.1 Å². The lowest BCUT2D eigenvalue weighted by Crippen LogP contribution is -2.09. The summed E-state index contributed by atoms with van der Waals surface area (Å²) < 4.78 is 2.37. The standard InChI is InChI=1S/C59H44N2.C5H8.C3H6/c1-43-30-31-47(32-33-49-20-11-12-29-59(49)60(43)54-24-13-21-50(42-54)45-18-7-3-8-19-45)55-25-14-28-58-56(26-15-27-57(55)58)48-36-40-53(41-37-48)61(51-22-9-4-10-23-51)52-38-34-46(35-39-52)44-16-5-2-6-17-44;1-3-5-4-2;1-3-2/h2-42H,1H3;3-5H,1H2,2H3;3H,1H2,2H3/b;5-4-;. The second-order valence-corrected chi connectivity index (χ2v) is 16.6. The van der Waals surface area contributed by atoms with Crippen molar-refractivity contribution >= 4 is 38.7 Å². The van der Waals surface area contributed by atoms with E-state index in [4.69, 9.17) is 0 Å². The molecule has 0 amide bonds. The van der Waals surface area contributed by atoms with Gasteiger partial charge in [-0.25, -0.2) is 0 Å². The summed E-state index contributed by atoms with van der Waals surface area (Å²) in [6.45, 7) is 12.9. The van der Waals surface area contributed by atoms with E-state index in [1.807, 2.05) is 26.0 Å². The highest BCUT2D eigenvalue weighted by molar-refractivity contribution is 6.04. The van der Waals surface area contributed by atoms with Crippen molar-refractivity contribution in [3.05, 3.63) is 292 Å². The summed E-state index contributed by atoms with van der Waals surface area (Å²) in [5.41, 5.74) is 16.3. The summed E-state index contributed by atoms with van der Waals surface area (Å²) in [5, 5.41) is 3.60. The zero-order valence-corrected chi connectivity index (χ0v) is 39.8. The van der Waals surface area contributed by atoms with Gasteiger partial charge in [-0.3, -0.25) is 0 Å². The molecule has 1 aromatic heterocycles. The van der Waals surface area contributed by atoms with E-state index in [1.54, 1.807) is 12.2 Å². The van der Waals surface area contributed by atoms with Gasteiger partial charge < -0.3 is 9.47 Å². The van der Waals surface area contributed by atoms with E-state index in [2.05, 4.69) is 278 Å². The summed E-state index contributed by atoms with van der Waals surface area (Å²) in [4.78, 5) is 2.32. The molecule has 9 aromatic carbocycles. The van der Waals surface area contributed by atoms with Crippen LogP contribution in [0, 0.1) is 6.92 Å². The molecule has 0 saturated heterocycles. The van der Waals surface area contributed by atoms with Crippen LogP contribution in [0.3, 0.4) is 0 Å². The zero-order chi connectivity index (χ0) is 47.8. The Balaban J connectivity index is 0.000000747. The van der Waals surface area contributed by atoms with Crippen LogP contribution >= 0.6 is 0 Å². The number of fused-ring (bicyclic) bond motifs is 2. The van der Waals surface area contributed by atoms with Crippen LogP contribution in [0.25, 0.3) is 71.9 Å². The van der Waals surface area contributed by atoms with Crippen LogP contribution in [0.5, 0.6) is 0 Å². The van der Waals surface area contributed by atoms with E-state index in [1.165, 1.54) is 49.7 Å². The molecule has 0 radical (unpaired) electrons. The molecule has 0 aliphatic heterocycles. The first-order valence-corrected chi connectivity index (χ1v) is 23.6. The number of anilines is 3. The fourth-order valence-corrected chi connectivity index (χ4v) is 8.72. The Hall–Kier alpha value is -8.72. The molecule has 10 aromatic rings. The van der Waals surface area contributed by atoms with Gasteiger partial charge in [0, 0.05) is 28.4 Å². The molecule has 0 saturated carbocycles. The number of allylic oxidation sites excluding steroid dienone is 4. The Labute approximate surface area is 409 Å². The maximum Gasteiger partial charge on any atom is 0.0530 e. The van der Waals surface area contributed by atoms with Crippen LogP contribution in [0.2, 0.25) is 0 Å². The Kier molecular flexibility index (Phi) is 15.7. The van der Waals surface area contributed by atoms with Crippen LogP contribution in [-0.2, 0) is 0 Å². The minimum Gasteiger partial charge on any atom is -0.314 e. The summed E-state index contributed by atoms with van der Waals surface area (Å²) in [7, 11) is 0. The first-order chi connectivity index (χ1) is 34.0. The van der Waals surface area contributed by atoms with Crippen LogP contribution in [0.15, 0.2) is 286 Å². The van der Waals surface area contributed by atoms with Gasteiger partial charge in [-0.1, -0.05) is 219 Å². The quantitative estimate of drug-likeness (QED) is 0.104. The molecule has 0 N–H and O–H groups in total. The Bertz CT molecular complexity index is 3360. The van der Waals surface area contributed by atoms with E-state index in [-0.39, 0.29) is 0 Å². The predicted molar refractivity (Wildman–Crippen MR) is 300 cm³/mol. The fraction of sp³-hybridized carbons (Fsp3) is 0.0448. The van der Waals surface area contributed by atoms with E-state index in [0.717, 1.165) is 44.9 Å². The lowest BCUT2D eigenvalue weighted by atomic mass is 9.93. The molecule has 2 nitrogen and oxygen atoms in total. The second-order valence-electron chi connectivity index (χ2n) is 16.6. The van der Waals surface area contributed by atoms with Crippen molar-refractivity contribution in [3.8, 4) is 50.2 Å². The molecule has 10 rings (SSSR count). The van der Waals surface area contributed by atoms with Crippen molar-refractivity contribution in [1.29, 1.82) is 0 Å². The Morgan fingerprint density at radius 3 is 1.38 bits per heavy atom. The van der Waals surface area contributed by atoms with Gasteiger partial charge >= 0.3 is 0 Å². The number of aromatic nitrogens is 1. The van der Waals surface area contributed by atoms with Crippen molar-refractivity contribution in [2.24, 2.45) is 0 Å². The minimum atomic E-state index is 1.10. The van der Waals surface area contributed by atoms with Crippen molar-refractivity contribution < 1.29 is 0 Å². The van der Waals surface area contributed by atoms with Gasteiger partial charge in [-0.05, 0) is 142 Å². The normalized spacial score (nSPS) is 10.6. The molecule has 69 heavy (non-hydrogen) atoms. The number of aryl methyl sites for hydroxylation is 1. The van der Waals surface area contributed by atoms with Gasteiger partial charge in [0.25, 0.3) is 0 Å². The number of rotatable bonds is 9. The highest BCUT2D eigenvalue weighted by Crippen LogP contribution is 2.39. The van der Waals surface area contributed by atoms with Crippen molar-refractivity contribution in [2.75, 3.05) is 4.90 Å². The SMILES string of the molecule is C=C/C=C\C.C=CC.Cc1ccc(-c2cccc3c(-c4ccc(N(c5ccccc5)c5ccc(-c6ccccc6)cc5)cc4)cccc23)ccc2ccccc2n1-c1cccc(-c2ccccc2)c1. The van der Waals surface area contributed by atoms with Gasteiger partial charge in [0.15, 0.2) is 0 Å². The highest BCUT2D eigenvalue weighted by Gasteiger charge is 2.15. The Morgan fingerprint density at radius 2 is 0.826 bits per heavy atom. The summed E-state index contributed by atoms with van der Waals surface area (Å²) in [5.74, 6) is 0. The topological polar surface area (TPSA) is 8.17 Å². The molecule has 0 aliphatic rings. The number of para-hydroxylation sites is 2.